The number of anilines is 1. The lowest BCUT2D eigenvalue weighted by Crippen LogP contribution is -2.47. The Morgan fingerprint density at radius 1 is 1.00 bits per heavy atom. The Hall–Kier alpha value is -3.55. The Morgan fingerprint density at radius 2 is 1.64 bits per heavy atom. The third kappa shape index (κ3) is 7.24. The first-order valence-corrected chi connectivity index (χ1v) is 10.7. The van der Waals surface area contributed by atoms with E-state index in [1.807, 2.05) is 26.0 Å². The SMILES string of the molecule is COc1ccc(NC(=O)C(NC(=O)c2ccc(C(C)(C)C)cc2)C(C)C)cc1OCC(N)=O. The highest BCUT2D eigenvalue weighted by Gasteiger charge is 2.25. The number of hydrogen-bond donors (Lipinski definition) is 3. The Kier molecular flexibility index (Phi) is 8.45. The van der Waals surface area contributed by atoms with Crippen LogP contribution in [0, 0.1) is 5.92 Å². The van der Waals surface area contributed by atoms with Gasteiger partial charge in [-0.25, -0.2) is 0 Å². The molecule has 178 valence electrons. The van der Waals surface area contributed by atoms with Gasteiger partial charge in [-0.3, -0.25) is 14.4 Å². The second-order valence-corrected chi connectivity index (χ2v) is 9.13. The number of amides is 3. The van der Waals surface area contributed by atoms with Crippen molar-refractivity contribution in [2.75, 3.05) is 19.0 Å². The van der Waals surface area contributed by atoms with Gasteiger partial charge in [0.1, 0.15) is 6.04 Å². The summed E-state index contributed by atoms with van der Waals surface area (Å²) in [6.45, 7) is 9.68. The average molecular weight is 456 g/mol. The lowest BCUT2D eigenvalue weighted by atomic mass is 9.86. The van der Waals surface area contributed by atoms with Crippen LogP contribution < -0.4 is 25.8 Å². The summed E-state index contributed by atoms with van der Waals surface area (Å²) >= 11 is 0. The summed E-state index contributed by atoms with van der Waals surface area (Å²) in [5.41, 5.74) is 7.13. The summed E-state index contributed by atoms with van der Waals surface area (Å²) in [6.07, 6.45) is 0. The van der Waals surface area contributed by atoms with Gasteiger partial charge in [0, 0.05) is 17.3 Å². The zero-order valence-corrected chi connectivity index (χ0v) is 20.0. The number of carbonyl (C=O) groups excluding carboxylic acids is 3. The number of methoxy groups -OCH3 is 1. The van der Waals surface area contributed by atoms with Gasteiger partial charge in [-0.1, -0.05) is 46.8 Å². The molecule has 2 aromatic rings. The summed E-state index contributed by atoms with van der Waals surface area (Å²) in [5, 5.41) is 5.60. The number of ether oxygens (including phenoxy) is 2. The first-order chi connectivity index (χ1) is 15.4. The summed E-state index contributed by atoms with van der Waals surface area (Å²) in [4.78, 5) is 36.8. The van der Waals surface area contributed by atoms with Crippen molar-refractivity contribution in [3.05, 3.63) is 53.6 Å². The van der Waals surface area contributed by atoms with E-state index < -0.39 is 11.9 Å². The molecular weight excluding hydrogens is 422 g/mol. The van der Waals surface area contributed by atoms with Crippen LogP contribution in [-0.4, -0.2) is 37.5 Å². The molecule has 0 aliphatic heterocycles. The molecule has 0 fully saturated rings. The van der Waals surface area contributed by atoms with Crippen LogP contribution in [0.4, 0.5) is 5.69 Å². The van der Waals surface area contributed by atoms with E-state index in [9.17, 15) is 14.4 Å². The number of benzene rings is 2. The molecule has 2 aromatic carbocycles. The maximum absolute atomic E-state index is 13.0. The van der Waals surface area contributed by atoms with E-state index in [-0.39, 0.29) is 35.5 Å². The zero-order valence-electron chi connectivity index (χ0n) is 20.0. The minimum Gasteiger partial charge on any atom is -0.493 e. The number of nitrogens with two attached hydrogens (primary N) is 1. The number of rotatable bonds is 9. The van der Waals surface area contributed by atoms with Crippen LogP contribution in [0.15, 0.2) is 42.5 Å². The van der Waals surface area contributed by atoms with Gasteiger partial charge in [0.05, 0.1) is 7.11 Å². The van der Waals surface area contributed by atoms with E-state index in [1.165, 1.54) is 13.2 Å². The van der Waals surface area contributed by atoms with Crippen LogP contribution in [0.3, 0.4) is 0 Å². The highest BCUT2D eigenvalue weighted by Crippen LogP contribution is 2.30. The molecule has 0 radical (unpaired) electrons. The summed E-state index contributed by atoms with van der Waals surface area (Å²) < 4.78 is 10.6. The molecule has 0 heterocycles. The fraction of sp³-hybridized carbons (Fsp3) is 0.400. The summed E-state index contributed by atoms with van der Waals surface area (Å²) in [5.74, 6) is -0.851. The molecule has 1 atom stereocenters. The van der Waals surface area contributed by atoms with Gasteiger partial charge in [-0.15, -0.1) is 0 Å². The smallest absolute Gasteiger partial charge is 0.255 e. The molecular formula is C25H33N3O5. The van der Waals surface area contributed by atoms with Crippen molar-refractivity contribution < 1.29 is 23.9 Å². The molecule has 0 aromatic heterocycles. The molecule has 1 unspecified atom stereocenters. The van der Waals surface area contributed by atoms with E-state index in [0.29, 0.717) is 17.0 Å². The van der Waals surface area contributed by atoms with Gasteiger partial charge in [0.15, 0.2) is 18.1 Å². The van der Waals surface area contributed by atoms with Crippen molar-refractivity contribution in [3.63, 3.8) is 0 Å². The van der Waals surface area contributed by atoms with E-state index in [1.54, 1.807) is 24.3 Å². The molecule has 3 amide bonds. The largest absolute Gasteiger partial charge is 0.493 e. The predicted octanol–water partition coefficient (Wildman–Crippen LogP) is 3.25. The molecule has 4 N–H and O–H groups in total. The van der Waals surface area contributed by atoms with Crippen LogP contribution in [0.25, 0.3) is 0 Å². The molecule has 33 heavy (non-hydrogen) atoms. The van der Waals surface area contributed by atoms with Crippen LogP contribution in [0.5, 0.6) is 11.5 Å². The Balaban J connectivity index is 2.14. The van der Waals surface area contributed by atoms with Crippen LogP contribution in [0.1, 0.15) is 50.5 Å². The number of hydrogen-bond acceptors (Lipinski definition) is 5. The van der Waals surface area contributed by atoms with Crippen LogP contribution in [0.2, 0.25) is 0 Å². The maximum Gasteiger partial charge on any atom is 0.255 e. The zero-order chi connectivity index (χ0) is 24.8. The molecule has 0 spiro atoms. The molecule has 0 saturated carbocycles. The third-order valence-corrected chi connectivity index (χ3v) is 5.05. The molecule has 0 aliphatic rings. The summed E-state index contributed by atoms with van der Waals surface area (Å²) in [7, 11) is 1.46. The lowest BCUT2D eigenvalue weighted by Gasteiger charge is -2.23. The van der Waals surface area contributed by atoms with E-state index in [2.05, 4.69) is 31.4 Å². The first kappa shape index (κ1) is 25.7. The normalized spacial score (nSPS) is 12.1. The van der Waals surface area contributed by atoms with E-state index in [0.717, 1.165) is 5.56 Å². The Morgan fingerprint density at radius 3 is 2.15 bits per heavy atom. The molecule has 0 bridgehead atoms. The second-order valence-electron chi connectivity index (χ2n) is 9.13. The Labute approximate surface area is 194 Å². The maximum atomic E-state index is 13.0. The van der Waals surface area contributed by atoms with Gasteiger partial charge in [-0.2, -0.15) is 0 Å². The van der Waals surface area contributed by atoms with Crippen molar-refractivity contribution in [2.45, 2.75) is 46.1 Å². The van der Waals surface area contributed by atoms with Gasteiger partial charge in [-0.05, 0) is 41.2 Å². The number of primary amides is 1. The van der Waals surface area contributed by atoms with Gasteiger partial charge in [0.2, 0.25) is 5.91 Å². The first-order valence-electron chi connectivity index (χ1n) is 10.7. The molecule has 0 saturated heterocycles. The fourth-order valence-corrected chi connectivity index (χ4v) is 3.12. The molecule has 2 rings (SSSR count). The summed E-state index contributed by atoms with van der Waals surface area (Å²) in [6, 6.07) is 11.4. The van der Waals surface area contributed by atoms with Crippen molar-refractivity contribution in [1.82, 2.24) is 5.32 Å². The quantitative estimate of drug-likeness (QED) is 0.536. The fourth-order valence-electron chi connectivity index (χ4n) is 3.12. The van der Waals surface area contributed by atoms with Crippen molar-refractivity contribution in [2.24, 2.45) is 11.7 Å². The van der Waals surface area contributed by atoms with Crippen molar-refractivity contribution in [1.29, 1.82) is 0 Å². The topological polar surface area (TPSA) is 120 Å². The van der Waals surface area contributed by atoms with E-state index in [4.69, 9.17) is 15.2 Å². The van der Waals surface area contributed by atoms with Gasteiger partial charge < -0.3 is 25.8 Å². The standard InChI is InChI=1S/C25H33N3O5/c1-15(2)22(28-23(30)16-7-9-17(10-8-16)25(3,4)5)24(31)27-18-11-12-19(32-6)20(13-18)33-14-21(26)29/h7-13,15,22H,14H2,1-6H3,(H2,26,29)(H,27,31)(H,28,30). The third-order valence-electron chi connectivity index (χ3n) is 5.05. The van der Waals surface area contributed by atoms with Gasteiger partial charge >= 0.3 is 0 Å². The molecule has 8 heteroatoms. The van der Waals surface area contributed by atoms with Gasteiger partial charge in [0.25, 0.3) is 11.8 Å². The second kappa shape index (κ2) is 10.8. The number of carbonyl (C=O) groups is 3. The van der Waals surface area contributed by atoms with Crippen molar-refractivity contribution >= 4 is 23.4 Å². The highest BCUT2D eigenvalue weighted by atomic mass is 16.5. The molecule has 0 aliphatic carbocycles. The minimum absolute atomic E-state index is 0.0201. The average Bonchev–Trinajstić information content (AvgIpc) is 2.75. The molecule has 8 nitrogen and oxygen atoms in total. The van der Waals surface area contributed by atoms with Crippen LogP contribution >= 0.6 is 0 Å². The number of nitrogens with one attached hydrogen (secondary N) is 2. The highest BCUT2D eigenvalue weighted by molar-refractivity contribution is 6.01. The van der Waals surface area contributed by atoms with Crippen LogP contribution in [-0.2, 0) is 15.0 Å². The minimum atomic E-state index is -0.767. The monoisotopic (exact) mass is 455 g/mol. The lowest BCUT2D eigenvalue weighted by molar-refractivity contribution is -0.120. The Bertz CT molecular complexity index is 994. The van der Waals surface area contributed by atoms with Crippen molar-refractivity contribution in [3.8, 4) is 11.5 Å². The predicted molar refractivity (Wildman–Crippen MR) is 128 cm³/mol. The van der Waals surface area contributed by atoms with E-state index >= 15 is 0 Å².